The lowest BCUT2D eigenvalue weighted by Crippen LogP contribution is -2.35. The fourth-order valence-corrected chi connectivity index (χ4v) is 4.61. The van der Waals surface area contributed by atoms with E-state index in [0.29, 0.717) is 6.42 Å². The molecule has 3 aromatic rings. The minimum atomic E-state index is -3.56. The molecule has 0 spiro atoms. The molecular formula is C28H29NO5S. The summed E-state index contributed by atoms with van der Waals surface area (Å²) in [5.41, 5.74) is 2.80. The number of hydrogen-bond acceptors (Lipinski definition) is 5. The maximum absolute atomic E-state index is 12.5. The molecule has 1 atom stereocenters. The van der Waals surface area contributed by atoms with Gasteiger partial charge in [0.1, 0.15) is 6.61 Å². The molecule has 1 N–H and O–H groups in total. The van der Waals surface area contributed by atoms with Crippen LogP contribution in [0.2, 0.25) is 0 Å². The van der Waals surface area contributed by atoms with Gasteiger partial charge in [0.25, 0.3) is 0 Å². The normalized spacial score (nSPS) is 12.3. The van der Waals surface area contributed by atoms with Gasteiger partial charge in [0.2, 0.25) is 0 Å². The van der Waals surface area contributed by atoms with Gasteiger partial charge in [-0.2, -0.15) is 0 Å². The predicted molar refractivity (Wildman–Crippen MR) is 136 cm³/mol. The van der Waals surface area contributed by atoms with Crippen molar-refractivity contribution in [3.05, 3.63) is 114 Å². The van der Waals surface area contributed by atoms with Gasteiger partial charge in [-0.05, 0) is 42.7 Å². The minimum absolute atomic E-state index is 0.129. The van der Waals surface area contributed by atoms with Crippen LogP contribution in [0.5, 0.6) is 0 Å². The number of carbonyl (C=O) groups excluding carboxylic acids is 2. The van der Waals surface area contributed by atoms with Gasteiger partial charge in [0, 0.05) is 6.42 Å². The fraction of sp³-hybridized carbons (Fsp3) is 0.214. The summed E-state index contributed by atoms with van der Waals surface area (Å²) >= 11 is 0. The summed E-state index contributed by atoms with van der Waals surface area (Å²) in [5.74, 6) is -0.618. The summed E-state index contributed by atoms with van der Waals surface area (Å²) in [7, 11) is -3.56. The second kappa shape index (κ2) is 12.7. The number of aryl methyl sites for hydroxylation is 1. The molecule has 0 aliphatic heterocycles. The fourth-order valence-electron chi connectivity index (χ4n) is 3.36. The summed E-state index contributed by atoms with van der Waals surface area (Å²) in [6.07, 6.45) is 2.61. The summed E-state index contributed by atoms with van der Waals surface area (Å²) < 4.78 is 30.3. The Hall–Kier alpha value is -3.71. The van der Waals surface area contributed by atoms with Crippen LogP contribution in [-0.2, 0) is 32.4 Å². The lowest BCUT2D eigenvalue weighted by molar-refractivity contribution is -0.114. The highest BCUT2D eigenvalue weighted by Gasteiger charge is 2.16. The van der Waals surface area contributed by atoms with Crippen LogP contribution in [0.15, 0.2) is 102 Å². The van der Waals surface area contributed by atoms with Crippen LogP contribution in [-0.4, -0.2) is 32.1 Å². The van der Waals surface area contributed by atoms with Crippen LogP contribution in [0, 0.1) is 6.92 Å². The molecule has 0 saturated carbocycles. The summed E-state index contributed by atoms with van der Waals surface area (Å²) in [4.78, 5) is 25.0. The molecule has 0 aliphatic rings. The molecule has 0 aliphatic carbocycles. The minimum Gasteiger partial charge on any atom is -0.445 e. The highest BCUT2D eigenvalue weighted by molar-refractivity contribution is 7.91. The largest absolute Gasteiger partial charge is 0.445 e. The number of rotatable bonds is 11. The summed E-state index contributed by atoms with van der Waals surface area (Å²) in [6, 6.07) is 24.9. The third-order valence-electron chi connectivity index (χ3n) is 5.33. The van der Waals surface area contributed by atoms with Gasteiger partial charge in [-0.1, -0.05) is 84.4 Å². The molecule has 6 nitrogen and oxygen atoms in total. The van der Waals surface area contributed by atoms with E-state index >= 15 is 0 Å². The maximum atomic E-state index is 12.5. The molecule has 0 radical (unpaired) electrons. The second-order valence-corrected chi connectivity index (χ2v) is 10.3. The molecule has 0 heterocycles. The van der Waals surface area contributed by atoms with Crippen molar-refractivity contribution in [1.29, 1.82) is 0 Å². The van der Waals surface area contributed by atoms with Gasteiger partial charge in [-0.3, -0.25) is 4.79 Å². The molecule has 182 valence electrons. The monoisotopic (exact) mass is 491 g/mol. The van der Waals surface area contributed by atoms with E-state index in [1.54, 1.807) is 30.3 Å². The Morgan fingerprint density at radius 3 is 2.11 bits per heavy atom. The molecule has 1 amide bonds. The number of carbonyl (C=O) groups is 2. The van der Waals surface area contributed by atoms with Crippen molar-refractivity contribution in [2.75, 3.05) is 5.75 Å². The van der Waals surface area contributed by atoms with Crippen molar-refractivity contribution >= 4 is 21.7 Å². The molecule has 7 heteroatoms. The third-order valence-corrected chi connectivity index (χ3v) is 7.06. The number of sulfone groups is 1. The zero-order valence-corrected chi connectivity index (χ0v) is 20.4. The molecule has 3 rings (SSSR count). The van der Waals surface area contributed by atoms with Gasteiger partial charge in [0.05, 0.1) is 16.7 Å². The van der Waals surface area contributed by atoms with E-state index in [0.717, 1.165) is 16.7 Å². The van der Waals surface area contributed by atoms with E-state index in [-0.39, 0.29) is 29.5 Å². The van der Waals surface area contributed by atoms with Crippen LogP contribution in [0.4, 0.5) is 4.79 Å². The SMILES string of the molecule is Cc1ccc(S(=O)(=O)CCC(=O)/C=C/[C@H](Cc2ccccc2)NC(=O)OCc2ccccc2)cc1. The van der Waals surface area contributed by atoms with Gasteiger partial charge in [0.15, 0.2) is 15.6 Å². The van der Waals surface area contributed by atoms with E-state index in [1.807, 2.05) is 67.6 Å². The van der Waals surface area contributed by atoms with Gasteiger partial charge < -0.3 is 10.1 Å². The highest BCUT2D eigenvalue weighted by Crippen LogP contribution is 2.13. The standard InChI is InChI=1S/C28H29NO5S/c1-22-12-16-27(17-13-22)35(32,33)19-18-26(30)15-14-25(20-23-8-4-2-5-9-23)29-28(31)34-21-24-10-6-3-7-11-24/h2-17,25H,18-21H2,1H3,(H,29,31)/b15-14+/t25-/m1/s1. The van der Waals surface area contributed by atoms with E-state index < -0.39 is 22.0 Å². The smallest absolute Gasteiger partial charge is 0.407 e. The molecule has 0 fully saturated rings. The van der Waals surface area contributed by atoms with Crippen LogP contribution in [0.1, 0.15) is 23.1 Å². The average Bonchev–Trinajstić information content (AvgIpc) is 2.86. The number of allylic oxidation sites excluding steroid dienone is 1. The van der Waals surface area contributed by atoms with Crippen LogP contribution in [0.25, 0.3) is 0 Å². The van der Waals surface area contributed by atoms with Crippen LogP contribution < -0.4 is 5.32 Å². The lowest BCUT2D eigenvalue weighted by Gasteiger charge is -2.15. The Labute approximate surface area is 206 Å². The van der Waals surface area contributed by atoms with Crippen molar-refractivity contribution in [3.63, 3.8) is 0 Å². The Kier molecular flexibility index (Phi) is 9.38. The van der Waals surface area contributed by atoms with Crippen molar-refractivity contribution in [2.45, 2.75) is 37.3 Å². The third kappa shape index (κ3) is 8.87. The Morgan fingerprint density at radius 1 is 0.886 bits per heavy atom. The van der Waals surface area contributed by atoms with E-state index in [9.17, 15) is 18.0 Å². The topological polar surface area (TPSA) is 89.5 Å². The summed E-state index contributed by atoms with van der Waals surface area (Å²) in [5, 5.41) is 2.78. The Balaban J connectivity index is 1.59. The number of nitrogens with one attached hydrogen (secondary N) is 1. The van der Waals surface area contributed by atoms with E-state index in [1.165, 1.54) is 6.08 Å². The molecule has 35 heavy (non-hydrogen) atoms. The van der Waals surface area contributed by atoms with E-state index in [2.05, 4.69) is 5.32 Å². The number of hydrogen-bond donors (Lipinski definition) is 1. The quantitative estimate of drug-likeness (QED) is 0.389. The molecule has 3 aromatic carbocycles. The number of ketones is 1. The highest BCUT2D eigenvalue weighted by atomic mass is 32.2. The maximum Gasteiger partial charge on any atom is 0.407 e. The first-order chi connectivity index (χ1) is 16.8. The van der Waals surface area contributed by atoms with Crippen LogP contribution >= 0.6 is 0 Å². The van der Waals surface area contributed by atoms with Gasteiger partial charge in [-0.15, -0.1) is 0 Å². The Bertz CT molecular complexity index is 1240. The molecule has 0 saturated heterocycles. The second-order valence-electron chi connectivity index (χ2n) is 8.21. The van der Waals surface area contributed by atoms with E-state index in [4.69, 9.17) is 4.74 Å². The van der Waals surface area contributed by atoms with Crippen molar-refractivity contribution in [3.8, 4) is 0 Å². The molecular weight excluding hydrogens is 462 g/mol. The number of amides is 1. The molecule has 0 unspecified atom stereocenters. The van der Waals surface area contributed by atoms with Gasteiger partial charge >= 0.3 is 6.09 Å². The predicted octanol–water partition coefficient (Wildman–Crippen LogP) is 4.82. The van der Waals surface area contributed by atoms with Crippen molar-refractivity contribution in [2.24, 2.45) is 0 Å². The van der Waals surface area contributed by atoms with Gasteiger partial charge in [-0.25, -0.2) is 13.2 Å². The number of alkyl carbamates (subject to hydrolysis) is 1. The van der Waals surface area contributed by atoms with Crippen molar-refractivity contribution in [1.82, 2.24) is 5.32 Å². The first kappa shape index (κ1) is 25.9. The molecule has 0 aromatic heterocycles. The zero-order valence-electron chi connectivity index (χ0n) is 19.6. The van der Waals surface area contributed by atoms with Crippen molar-refractivity contribution < 1.29 is 22.7 Å². The first-order valence-corrected chi connectivity index (χ1v) is 13.0. The average molecular weight is 492 g/mol. The number of ether oxygens (including phenoxy) is 1. The van der Waals surface area contributed by atoms with Crippen LogP contribution in [0.3, 0.4) is 0 Å². The first-order valence-electron chi connectivity index (χ1n) is 11.3. The lowest BCUT2D eigenvalue weighted by atomic mass is 10.1. The molecule has 0 bridgehead atoms. The number of benzene rings is 3. The Morgan fingerprint density at radius 2 is 1.49 bits per heavy atom. The zero-order chi connectivity index (χ0) is 25.1. The summed E-state index contributed by atoms with van der Waals surface area (Å²) in [6.45, 7) is 2.01.